The predicted molar refractivity (Wildman–Crippen MR) is 86.1 cm³/mol. The van der Waals surface area contributed by atoms with E-state index in [2.05, 4.69) is 70.0 Å². The summed E-state index contributed by atoms with van der Waals surface area (Å²) in [5, 5.41) is 4.61. The van der Waals surface area contributed by atoms with Gasteiger partial charge in [0.05, 0.1) is 10.2 Å². The van der Waals surface area contributed by atoms with Gasteiger partial charge in [-0.05, 0) is 50.3 Å². The Morgan fingerprint density at radius 3 is 2.47 bits per heavy atom. The highest BCUT2D eigenvalue weighted by Crippen LogP contribution is 2.33. The highest BCUT2D eigenvalue weighted by molar-refractivity contribution is 7.22. The van der Waals surface area contributed by atoms with Crippen molar-refractivity contribution in [2.75, 3.05) is 5.32 Å². The van der Waals surface area contributed by atoms with E-state index in [0.717, 1.165) is 17.1 Å². The molecule has 2 aromatic rings. The molecule has 0 spiro atoms. The van der Waals surface area contributed by atoms with Crippen molar-refractivity contribution in [1.82, 2.24) is 4.98 Å². The van der Waals surface area contributed by atoms with Crippen LogP contribution in [0.1, 0.15) is 46.6 Å². The number of benzene rings is 1. The van der Waals surface area contributed by atoms with Crippen molar-refractivity contribution in [3.05, 3.63) is 23.8 Å². The first-order valence-corrected chi connectivity index (χ1v) is 7.62. The molecule has 0 saturated carbocycles. The van der Waals surface area contributed by atoms with E-state index in [4.69, 9.17) is 0 Å². The van der Waals surface area contributed by atoms with Gasteiger partial charge in [-0.2, -0.15) is 0 Å². The molecule has 0 atom stereocenters. The van der Waals surface area contributed by atoms with E-state index >= 15 is 0 Å². The Hall–Kier alpha value is -1.09. The fourth-order valence-electron chi connectivity index (χ4n) is 2.74. The fourth-order valence-corrected chi connectivity index (χ4v) is 3.89. The third-order valence-corrected chi connectivity index (χ3v) is 3.90. The van der Waals surface area contributed by atoms with Gasteiger partial charge in [-0.3, -0.25) is 0 Å². The summed E-state index contributed by atoms with van der Waals surface area (Å²) in [7, 11) is 0. The number of rotatable bonds is 3. The van der Waals surface area contributed by atoms with Crippen molar-refractivity contribution >= 4 is 26.7 Å². The molecule has 0 saturated heterocycles. The number of fused-ring (bicyclic) bond motifs is 1. The van der Waals surface area contributed by atoms with Crippen molar-refractivity contribution in [3.63, 3.8) is 0 Å². The molecular formula is C16H24N2S. The maximum absolute atomic E-state index is 4.68. The van der Waals surface area contributed by atoms with E-state index in [9.17, 15) is 0 Å². The van der Waals surface area contributed by atoms with Crippen LogP contribution in [0.4, 0.5) is 5.13 Å². The van der Waals surface area contributed by atoms with Gasteiger partial charge < -0.3 is 5.32 Å². The van der Waals surface area contributed by atoms with Gasteiger partial charge >= 0.3 is 0 Å². The minimum absolute atomic E-state index is 0.0567. The van der Waals surface area contributed by atoms with Crippen LogP contribution in [0.15, 0.2) is 18.2 Å². The lowest BCUT2D eigenvalue weighted by atomic mass is 9.82. The van der Waals surface area contributed by atoms with Crippen LogP contribution in [0, 0.1) is 12.3 Å². The number of anilines is 1. The average Bonchev–Trinajstić information content (AvgIpc) is 2.53. The van der Waals surface area contributed by atoms with Crippen molar-refractivity contribution in [2.45, 2.75) is 53.5 Å². The maximum atomic E-state index is 4.68. The van der Waals surface area contributed by atoms with Gasteiger partial charge in [0.25, 0.3) is 0 Å². The van der Waals surface area contributed by atoms with E-state index in [1.165, 1.54) is 10.3 Å². The summed E-state index contributed by atoms with van der Waals surface area (Å²) in [5.41, 5.74) is 2.74. The van der Waals surface area contributed by atoms with Crippen molar-refractivity contribution < 1.29 is 0 Å². The van der Waals surface area contributed by atoms with Crippen molar-refractivity contribution in [3.8, 4) is 0 Å². The van der Waals surface area contributed by atoms with Crippen LogP contribution in [0.25, 0.3) is 10.2 Å². The number of aromatic nitrogens is 1. The molecule has 0 aliphatic heterocycles. The monoisotopic (exact) mass is 276 g/mol. The summed E-state index contributed by atoms with van der Waals surface area (Å²) in [5.74, 6) is 0. The van der Waals surface area contributed by atoms with E-state index in [1.54, 1.807) is 11.3 Å². The number of aryl methyl sites for hydroxylation is 1. The summed E-state index contributed by atoms with van der Waals surface area (Å²) in [4.78, 5) is 4.68. The molecule has 2 rings (SSSR count). The molecule has 1 heterocycles. The van der Waals surface area contributed by atoms with E-state index in [1.807, 2.05) is 0 Å². The van der Waals surface area contributed by atoms with Gasteiger partial charge in [0, 0.05) is 5.54 Å². The third kappa shape index (κ3) is 3.93. The Balaban J connectivity index is 2.21. The lowest BCUT2D eigenvalue weighted by Crippen LogP contribution is -2.35. The molecule has 0 bridgehead atoms. The predicted octanol–water partition coefficient (Wildman–Crippen LogP) is 5.23. The average molecular weight is 276 g/mol. The smallest absolute Gasteiger partial charge is 0.184 e. The van der Waals surface area contributed by atoms with E-state index in [0.29, 0.717) is 5.41 Å². The second-order valence-electron chi connectivity index (χ2n) is 7.24. The standard InChI is InChI=1S/C16H24N2S/c1-11-7-8-12-13(9-11)19-14(17-12)18-16(5,6)10-15(2,3)4/h7-9H,10H2,1-6H3,(H,17,18). The quantitative estimate of drug-likeness (QED) is 0.830. The lowest BCUT2D eigenvalue weighted by Gasteiger charge is -2.33. The van der Waals surface area contributed by atoms with Gasteiger partial charge in [0.2, 0.25) is 0 Å². The highest BCUT2D eigenvalue weighted by atomic mass is 32.1. The highest BCUT2D eigenvalue weighted by Gasteiger charge is 2.26. The van der Waals surface area contributed by atoms with Crippen molar-refractivity contribution in [2.24, 2.45) is 5.41 Å². The summed E-state index contributed by atoms with van der Waals surface area (Å²) in [6, 6.07) is 6.42. The summed E-state index contributed by atoms with van der Waals surface area (Å²) >= 11 is 1.74. The molecule has 0 fully saturated rings. The largest absolute Gasteiger partial charge is 0.357 e. The Labute approximate surface area is 120 Å². The zero-order chi connectivity index (χ0) is 14.3. The van der Waals surface area contributed by atoms with Crippen LogP contribution >= 0.6 is 11.3 Å². The van der Waals surface area contributed by atoms with Gasteiger partial charge in [-0.1, -0.05) is 38.2 Å². The number of thiazole rings is 1. The molecule has 0 aliphatic carbocycles. The first kappa shape index (κ1) is 14.3. The molecule has 1 N–H and O–H groups in total. The Morgan fingerprint density at radius 1 is 1.16 bits per heavy atom. The maximum Gasteiger partial charge on any atom is 0.184 e. The topological polar surface area (TPSA) is 24.9 Å². The number of nitrogens with zero attached hydrogens (tertiary/aromatic N) is 1. The normalized spacial score (nSPS) is 12.9. The summed E-state index contributed by atoms with van der Waals surface area (Å²) < 4.78 is 1.26. The number of hydrogen-bond acceptors (Lipinski definition) is 3. The molecular weight excluding hydrogens is 252 g/mol. The molecule has 1 aromatic heterocycles. The Kier molecular flexibility index (Phi) is 3.61. The third-order valence-electron chi connectivity index (χ3n) is 2.96. The first-order valence-electron chi connectivity index (χ1n) is 6.80. The minimum Gasteiger partial charge on any atom is -0.357 e. The Morgan fingerprint density at radius 2 is 1.84 bits per heavy atom. The van der Waals surface area contributed by atoms with Crippen LogP contribution in [0.3, 0.4) is 0 Å². The molecule has 0 radical (unpaired) electrons. The molecule has 2 nitrogen and oxygen atoms in total. The number of hydrogen-bond donors (Lipinski definition) is 1. The van der Waals surface area contributed by atoms with Crippen LogP contribution < -0.4 is 5.32 Å². The second kappa shape index (κ2) is 4.78. The molecule has 104 valence electrons. The Bertz CT molecular complexity index is 576. The van der Waals surface area contributed by atoms with Crippen molar-refractivity contribution in [1.29, 1.82) is 0 Å². The van der Waals surface area contributed by atoms with Crippen LogP contribution in [-0.4, -0.2) is 10.5 Å². The minimum atomic E-state index is 0.0567. The van der Waals surface area contributed by atoms with E-state index < -0.39 is 0 Å². The first-order chi connectivity index (χ1) is 8.65. The molecule has 0 unspecified atom stereocenters. The zero-order valence-electron chi connectivity index (χ0n) is 12.8. The van der Waals surface area contributed by atoms with Crippen LogP contribution in [0.5, 0.6) is 0 Å². The summed E-state index contributed by atoms with van der Waals surface area (Å²) in [6.07, 6.45) is 1.11. The zero-order valence-corrected chi connectivity index (χ0v) is 13.6. The number of nitrogens with one attached hydrogen (secondary N) is 1. The fraction of sp³-hybridized carbons (Fsp3) is 0.562. The lowest BCUT2D eigenvalue weighted by molar-refractivity contribution is 0.302. The van der Waals surface area contributed by atoms with Crippen LogP contribution in [0.2, 0.25) is 0 Å². The van der Waals surface area contributed by atoms with Gasteiger partial charge in [0.15, 0.2) is 5.13 Å². The van der Waals surface area contributed by atoms with E-state index in [-0.39, 0.29) is 5.54 Å². The van der Waals surface area contributed by atoms with Gasteiger partial charge in [0.1, 0.15) is 0 Å². The second-order valence-corrected chi connectivity index (χ2v) is 8.27. The summed E-state index contributed by atoms with van der Waals surface area (Å²) in [6.45, 7) is 13.4. The van der Waals surface area contributed by atoms with Crippen LogP contribution in [-0.2, 0) is 0 Å². The van der Waals surface area contributed by atoms with Gasteiger partial charge in [-0.15, -0.1) is 0 Å². The molecule has 0 aliphatic rings. The molecule has 19 heavy (non-hydrogen) atoms. The molecule has 0 amide bonds. The SMILES string of the molecule is Cc1ccc2nc(NC(C)(C)CC(C)(C)C)sc2c1. The molecule has 3 heteroatoms. The van der Waals surface area contributed by atoms with Gasteiger partial charge in [-0.25, -0.2) is 4.98 Å². The molecule has 1 aromatic carbocycles.